The molecular weight excluding hydrogens is 240 g/mol. The van der Waals surface area contributed by atoms with Crippen LogP contribution in [-0.4, -0.2) is 30.7 Å². The van der Waals surface area contributed by atoms with E-state index in [2.05, 4.69) is 39.9 Å². The van der Waals surface area contributed by atoms with Crippen LogP contribution in [-0.2, 0) is 9.53 Å². The number of carbonyl (C=O) groups is 1. The van der Waals surface area contributed by atoms with Gasteiger partial charge in [0.25, 0.3) is 0 Å². The van der Waals surface area contributed by atoms with Crippen molar-refractivity contribution in [2.75, 3.05) is 13.2 Å². The quantitative estimate of drug-likeness (QED) is 0.822. The highest BCUT2D eigenvalue weighted by Crippen LogP contribution is 2.26. The summed E-state index contributed by atoms with van der Waals surface area (Å²) in [4.78, 5) is 12.3. The average molecular weight is 270 g/mol. The Kier molecular flexibility index (Phi) is 5.39. The van der Waals surface area contributed by atoms with Crippen LogP contribution in [0, 0.1) is 11.3 Å². The Hall–Kier alpha value is -0.610. The van der Waals surface area contributed by atoms with Crippen LogP contribution in [0.25, 0.3) is 0 Å². The first-order valence-electron chi connectivity index (χ1n) is 7.27. The predicted molar refractivity (Wildman–Crippen MR) is 77.8 cm³/mol. The Bertz CT molecular complexity index is 308. The summed E-state index contributed by atoms with van der Waals surface area (Å²) in [7, 11) is 0. The van der Waals surface area contributed by atoms with Crippen LogP contribution in [0.1, 0.15) is 53.9 Å². The summed E-state index contributed by atoms with van der Waals surface area (Å²) in [5.41, 5.74) is 5.73. The molecule has 4 nitrogen and oxygen atoms in total. The van der Waals surface area contributed by atoms with Gasteiger partial charge in [0, 0.05) is 19.2 Å². The van der Waals surface area contributed by atoms with Crippen molar-refractivity contribution in [1.29, 1.82) is 0 Å². The maximum absolute atomic E-state index is 12.3. The monoisotopic (exact) mass is 270 g/mol. The van der Waals surface area contributed by atoms with E-state index in [-0.39, 0.29) is 28.9 Å². The van der Waals surface area contributed by atoms with Gasteiger partial charge < -0.3 is 15.8 Å². The Morgan fingerprint density at radius 2 is 2.11 bits per heavy atom. The highest BCUT2D eigenvalue weighted by atomic mass is 16.5. The summed E-state index contributed by atoms with van der Waals surface area (Å²) in [5.74, 6) is 0.00563. The van der Waals surface area contributed by atoms with Crippen LogP contribution < -0.4 is 11.1 Å². The minimum atomic E-state index is -0.140. The van der Waals surface area contributed by atoms with E-state index in [9.17, 15) is 4.79 Å². The van der Waals surface area contributed by atoms with Crippen molar-refractivity contribution in [3.63, 3.8) is 0 Å². The maximum atomic E-state index is 12.3. The Morgan fingerprint density at radius 1 is 1.47 bits per heavy atom. The maximum Gasteiger partial charge on any atom is 0.224 e. The molecule has 112 valence electrons. The van der Waals surface area contributed by atoms with Crippen LogP contribution >= 0.6 is 0 Å². The third-order valence-electron chi connectivity index (χ3n) is 3.56. The van der Waals surface area contributed by atoms with Gasteiger partial charge in [-0.1, -0.05) is 20.8 Å². The minimum absolute atomic E-state index is 0.0917. The van der Waals surface area contributed by atoms with Crippen molar-refractivity contribution in [3.05, 3.63) is 0 Å². The molecule has 1 aliphatic rings. The van der Waals surface area contributed by atoms with E-state index in [0.717, 1.165) is 19.3 Å². The molecule has 1 rings (SSSR count). The molecule has 0 aromatic rings. The fourth-order valence-electron chi connectivity index (χ4n) is 2.70. The number of carbonyl (C=O) groups excluding carboxylic acids is 1. The second kappa shape index (κ2) is 6.23. The molecule has 0 spiro atoms. The zero-order valence-electron chi connectivity index (χ0n) is 13.1. The molecule has 0 aliphatic carbocycles. The first-order valence-corrected chi connectivity index (χ1v) is 7.27. The lowest BCUT2D eigenvalue weighted by Crippen LogP contribution is -2.48. The molecule has 1 aliphatic heterocycles. The van der Waals surface area contributed by atoms with Crippen LogP contribution in [0.2, 0.25) is 0 Å². The normalized spacial score (nSPS) is 24.8. The first kappa shape index (κ1) is 16.4. The van der Waals surface area contributed by atoms with Gasteiger partial charge in [0.05, 0.1) is 11.5 Å². The van der Waals surface area contributed by atoms with E-state index < -0.39 is 0 Å². The van der Waals surface area contributed by atoms with Gasteiger partial charge in [0.2, 0.25) is 5.91 Å². The molecule has 2 unspecified atom stereocenters. The van der Waals surface area contributed by atoms with Crippen molar-refractivity contribution in [2.45, 2.75) is 65.5 Å². The third-order valence-corrected chi connectivity index (χ3v) is 3.56. The molecule has 1 saturated heterocycles. The fraction of sp³-hybridized carbons (Fsp3) is 0.933. The van der Waals surface area contributed by atoms with E-state index in [4.69, 9.17) is 10.5 Å². The molecule has 0 aromatic heterocycles. The van der Waals surface area contributed by atoms with Crippen molar-refractivity contribution in [1.82, 2.24) is 5.32 Å². The lowest BCUT2D eigenvalue weighted by molar-refractivity contribution is -0.128. The van der Waals surface area contributed by atoms with E-state index in [1.165, 1.54) is 0 Å². The molecule has 2 atom stereocenters. The number of ether oxygens (including phenoxy) is 1. The van der Waals surface area contributed by atoms with Gasteiger partial charge in [0.15, 0.2) is 0 Å². The Labute approximate surface area is 117 Å². The summed E-state index contributed by atoms with van der Waals surface area (Å²) < 4.78 is 5.67. The van der Waals surface area contributed by atoms with E-state index in [0.29, 0.717) is 13.2 Å². The largest absolute Gasteiger partial charge is 0.375 e. The SMILES string of the molecule is CC(C)(C)CC(CN)C(=O)NC1CCOC(C)(C)C1. The number of hydrogen-bond donors (Lipinski definition) is 2. The summed E-state index contributed by atoms with van der Waals surface area (Å²) in [6.07, 6.45) is 2.58. The standard InChI is InChI=1S/C15H30N2O2/c1-14(2,3)8-11(10-16)13(18)17-12-6-7-19-15(4,5)9-12/h11-12H,6-10,16H2,1-5H3,(H,17,18). The first-order chi connectivity index (χ1) is 8.63. The van der Waals surface area contributed by atoms with Gasteiger partial charge in [-0.2, -0.15) is 0 Å². The van der Waals surface area contributed by atoms with Crippen molar-refractivity contribution in [3.8, 4) is 0 Å². The second-order valence-electron chi connectivity index (χ2n) is 7.50. The molecule has 19 heavy (non-hydrogen) atoms. The van der Waals surface area contributed by atoms with E-state index in [1.807, 2.05) is 0 Å². The van der Waals surface area contributed by atoms with E-state index >= 15 is 0 Å². The molecule has 0 aromatic carbocycles. The van der Waals surface area contributed by atoms with Crippen molar-refractivity contribution < 1.29 is 9.53 Å². The van der Waals surface area contributed by atoms with Crippen molar-refractivity contribution >= 4 is 5.91 Å². The highest BCUT2D eigenvalue weighted by molar-refractivity contribution is 5.79. The lowest BCUT2D eigenvalue weighted by Gasteiger charge is -2.36. The Morgan fingerprint density at radius 3 is 2.58 bits per heavy atom. The topological polar surface area (TPSA) is 64.4 Å². The Balaban J connectivity index is 2.53. The molecule has 0 saturated carbocycles. The molecule has 1 fully saturated rings. The molecule has 1 heterocycles. The summed E-state index contributed by atoms with van der Waals surface area (Å²) in [5, 5.41) is 3.15. The van der Waals surface area contributed by atoms with Crippen LogP contribution in [0.15, 0.2) is 0 Å². The number of hydrogen-bond acceptors (Lipinski definition) is 3. The molecule has 4 heteroatoms. The second-order valence-corrected chi connectivity index (χ2v) is 7.50. The fourth-order valence-corrected chi connectivity index (χ4v) is 2.70. The van der Waals surface area contributed by atoms with E-state index in [1.54, 1.807) is 0 Å². The molecular formula is C15H30N2O2. The van der Waals surface area contributed by atoms with Gasteiger partial charge in [-0.3, -0.25) is 4.79 Å². The van der Waals surface area contributed by atoms with Gasteiger partial charge >= 0.3 is 0 Å². The number of nitrogens with one attached hydrogen (secondary N) is 1. The molecule has 1 amide bonds. The molecule has 0 radical (unpaired) electrons. The van der Waals surface area contributed by atoms with Crippen LogP contribution in [0.3, 0.4) is 0 Å². The van der Waals surface area contributed by atoms with Crippen LogP contribution in [0.4, 0.5) is 0 Å². The van der Waals surface area contributed by atoms with Crippen molar-refractivity contribution in [2.24, 2.45) is 17.1 Å². The number of rotatable bonds is 4. The molecule has 0 bridgehead atoms. The third kappa shape index (κ3) is 5.91. The summed E-state index contributed by atoms with van der Waals surface area (Å²) in [6.45, 7) is 11.7. The smallest absolute Gasteiger partial charge is 0.224 e. The number of amides is 1. The molecule has 3 N–H and O–H groups in total. The number of nitrogens with two attached hydrogens (primary N) is 1. The zero-order valence-corrected chi connectivity index (χ0v) is 13.1. The lowest BCUT2D eigenvalue weighted by atomic mass is 9.84. The van der Waals surface area contributed by atoms with Gasteiger partial charge in [-0.15, -0.1) is 0 Å². The highest BCUT2D eigenvalue weighted by Gasteiger charge is 2.31. The van der Waals surface area contributed by atoms with Gasteiger partial charge in [0.1, 0.15) is 0 Å². The average Bonchev–Trinajstić information content (AvgIpc) is 2.23. The zero-order chi connectivity index (χ0) is 14.7. The van der Waals surface area contributed by atoms with Gasteiger partial charge in [-0.25, -0.2) is 0 Å². The van der Waals surface area contributed by atoms with Gasteiger partial charge in [-0.05, 0) is 38.5 Å². The summed E-state index contributed by atoms with van der Waals surface area (Å²) >= 11 is 0. The van der Waals surface area contributed by atoms with Crippen LogP contribution in [0.5, 0.6) is 0 Å². The minimum Gasteiger partial charge on any atom is -0.375 e. The predicted octanol–water partition coefficient (Wildman–Crippen LogP) is 2.07. The summed E-state index contributed by atoms with van der Waals surface area (Å²) in [6, 6.07) is 0.213.